The number of rotatable bonds is 16. The van der Waals surface area contributed by atoms with Crippen LogP contribution >= 0.6 is 11.3 Å². The second-order valence-corrected chi connectivity index (χ2v) is 18.3. The smallest absolute Gasteiger partial charge is 0.251 e. The first-order chi connectivity index (χ1) is 26.0. The van der Waals surface area contributed by atoms with Crippen molar-refractivity contribution in [3.05, 3.63) is 70.9 Å². The molecule has 4 amide bonds. The SMILES string of the molecule is Cc1ncsc1-c1ccc(CNC(=O)[C@@H]2CCCN2C(=O)[C@@H](NC(=O)COCCCCOc2ccc(C(=O)NC3C(C)(C)CC3(C)C)cc2)C(C)(C)C)cc1. The number of ether oxygens (including phenoxy) is 2. The summed E-state index contributed by atoms with van der Waals surface area (Å²) in [6.45, 7) is 17.9. The van der Waals surface area contributed by atoms with Crippen LogP contribution in [0.3, 0.4) is 0 Å². The number of carbonyl (C=O) groups is 4. The van der Waals surface area contributed by atoms with Crippen molar-refractivity contribution in [2.24, 2.45) is 16.2 Å². The minimum Gasteiger partial charge on any atom is -0.494 e. The van der Waals surface area contributed by atoms with Crippen molar-refractivity contribution in [1.29, 1.82) is 0 Å². The fraction of sp³-hybridized carbons (Fsp3) is 0.558. The average molecular weight is 774 g/mol. The molecule has 2 aromatic carbocycles. The number of carbonyl (C=O) groups excluding carboxylic acids is 4. The van der Waals surface area contributed by atoms with E-state index in [0.29, 0.717) is 56.9 Å². The fourth-order valence-electron chi connectivity index (χ4n) is 8.25. The predicted molar refractivity (Wildman–Crippen MR) is 216 cm³/mol. The highest BCUT2D eigenvalue weighted by molar-refractivity contribution is 7.13. The zero-order valence-corrected chi connectivity index (χ0v) is 34.6. The van der Waals surface area contributed by atoms with E-state index in [0.717, 1.165) is 34.5 Å². The zero-order valence-electron chi connectivity index (χ0n) is 33.8. The summed E-state index contributed by atoms with van der Waals surface area (Å²) < 4.78 is 11.5. The molecule has 12 heteroatoms. The minimum absolute atomic E-state index is 0.0727. The van der Waals surface area contributed by atoms with Crippen LogP contribution in [0.4, 0.5) is 0 Å². The maximum Gasteiger partial charge on any atom is 0.251 e. The van der Waals surface area contributed by atoms with Gasteiger partial charge in [-0.1, -0.05) is 72.7 Å². The van der Waals surface area contributed by atoms with E-state index in [1.807, 2.05) is 69.6 Å². The summed E-state index contributed by atoms with van der Waals surface area (Å²) >= 11 is 1.60. The third-order valence-corrected chi connectivity index (χ3v) is 11.7. The summed E-state index contributed by atoms with van der Waals surface area (Å²) in [6, 6.07) is 13.9. The van der Waals surface area contributed by atoms with Crippen molar-refractivity contribution in [1.82, 2.24) is 25.8 Å². The van der Waals surface area contributed by atoms with Crippen LogP contribution in [0.2, 0.25) is 0 Å². The van der Waals surface area contributed by atoms with Crippen molar-refractivity contribution >= 4 is 35.0 Å². The van der Waals surface area contributed by atoms with E-state index in [-0.39, 0.29) is 47.1 Å². The number of nitrogens with one attached hydrogen (secondary N) is 3. The lowest BCUT2D eigenvalue weighted by molar-refractivity contribution is -0.144. The van der Waals surface area contributed by atoms with Gasteiger partial charge in [0.05, 0.1) is 22.7 Å². The molecule has 1 aliphatic carbocycles. The van der Waals surface area contributed by atoms with Crippen LogP contribution in [0.1, 0.15) is 102 Å². The van der Waals surface area contributed by atoms with E-state index in [1.54, 1.807) is 28.4 Å². The number of benzene rings is 2. The van der Waals surface area contributed by atoms with Gasteiger partial charge >= 0.3 is 0 Å². The van der Waals surface area contributed by atoms with Gasteiger partial charge in [-0.05, 0) is 90.7 Å². The molecule has 1 saturated heterocycles. The standard InChI is InChI=1S/C43H59N5O6S/c1-28-35(55-27-45-28)30-15-13-29(14-16-30)24-44-38(51)33-12-11-21-48(33)39(52)36(41(2,3)4)46-34(49)25-53-22-9-10-23-54-32-19-17-31(18-20-32)37(50)47-40-42(5,6)26-43(40,7)8/h13-20,27,33,36,40H,9-12,21-26H2,1-8H3,(H,44,51)(H,46,49)(H,47,50)/t33-,36+/m0/s1. The molecule has 55 heavy (non-hydrogen) atoms. The third kappa shape index (κ3) is 10.7. The van der Waals surface area contributed by atoms with E-state index in [2.05, 4.69) is 48.6 Å². The number of hydrogen-bond donors (Lipinski definition) is 3. The number of aromatic nitrogens is 1. The second kappa shape index (κ2) is 17.7. The monoisotopic (exact) mass is 773 g/mol. The first-order valence-electron chi connectivity index (χ1n) is 19.4. The molecule has 1 aromatic heterocycles. The highest BCUT2D eigenvalue weighted by Gasteiger charge is 2.53. The first kappa shape index (κ1) is 41.9. The van der Waals surface area contributed by atoms with E-state index in [9.17, 15) is 19.2 Å². The number of unbranched alkanes of at least 4 members (excludes halogenated alkanes) is 1. The van der Waals surface area contributed by atoms with Gasteiger partial charge in [-0.3, -0.25) is 19.2 Å². The molecule has 3 aromatic rings. The summed E-state index contributed by atoms with van der Waals surface area (Å²) in [4.78, 5) is 60.1. The molecule has 0 radical (unpaired) electrons. The van der Waals surface area contributed by atoms with Gasteiger partial charge in [-0.15, -0.1) is 11.3 Å². The number of likely N-dealkylation sites (tertiary alicyclic amines) is 1. The lowest BCUT2D eigenvalue weighted by Crippen LogP contribution is -2.63. The van der Waals surface area contributed by atoms with Gasteiger partial charge in [-0.25, -0.2) is 4.98 Å². The normalized spacial score (nSPS) is 18.3. The second-order valence-electron chi connectivity index (χ2n) is 17.4. The van der Waals surface area contributed by atoms with Crippen molar-refractivity contribution < 1.29 is 28.7 Å². The fourth-order valence-corrected chi connectivity index (χ4v) is 9.07. The molecule has 0 unspecified atom stereocenters. The van der Waals surface area contributed by atoms with Crippen LogP contribution in [0.5, 0.6) is 5.75 Å². The van der Waals surface area contributed by atoms with Crippen LogP contribution < -0.4 is 20.7 Å². The van der Waals surface area contributed by atoms with Crippen molar-refractivity contribution in [2.75, 3.05) is 26.4 Å². The Kier molecular flexibility index (Phi) is 13.4. The zero-order chi connectivity index (χ0) is 40.0. The summed E-state index contributed by atoms with van der Waals surface area (Å²) in [6.07, 6.45) is 3.76. The minimum atomic E-state index is -0.817. The molecule has 5 rings (SSSR count). The summed E-state index contributed by atoms with van der Waals surface area (Å²) in [5, 5.41) is 9.11. The van der Waals surface area contributed by atoms with Gasteiger partial charge in [0.1, 0.15) is 24.4 Å². The molecule has 1 saturated carbocycles. The van der Waals surface area contributed by atoms with Crippen LogP contribution in [-0.4, -0.2) is 78.0 Å². The lowest BCUT2D eigenvalue weighted by atomic mass is 9.52. The van der Waals surface area contributed by atoms with Crippen molar-refractivity contribution in [3.63, 3.8) is 0 Å². The molecule has 2 fully saturated rings. The summed E-state index contributed by atoms with van der Waals surface area (Å²) in [5.41, 5.74) is 5.07. The molecular formula is C43H59N5O6S. The van der Waals surface area contributed by atoms with Gasteiger partial charge in [0, 0.05) is 31.3 Å². The van der Waals surface area contributed by atoms with Gasteiger partial charge in [-0.2, -0.15) is 0 Å². The third-order valence-electron chi connectivity index (χ3n) is 10.7. The van der Waals surface area contributed by atoms with E-state index in [1.165, 1.54) is 0 Å². The molecule has 2 aliphatic rings. The molecule has 11 nitrogen and oxygen atoms in total. The maximum absolute atomic E-state index is 13.9. The average Bonchev–Trinajstić information content (AvgIpc) is 3.80. The van der Waals surface area contributed by atoms with Gasteiger partial charge < -0.3 is 30.3 Å². The number of aryl methyl sites for hydroxylation is 1. The summed E-state index contributed by atoms with van der Waals surface area (Å²) in [5.74, 6) is -0.229. The number of thiazole rings is 1. The van der Waals surface area contributed by atoms with Gasteiger partial charge in [0.25, 0.3) is 5.91 Å². The Morgan fingerprint density at radius 2 is 1.64 bits per heavy atom. The first-order valence-corrected chi connectivity index (χ1v) is 20.3. The maximum atomic E-state index is 13.9. The number of amides is 4. The van der Waals surface area contributed by atoms with E-state index < -0.39 is 17.5 Å². The Morgan fingerprint density at radius 3 is 2.25 bits per heavy atom. The number of hydrogen-bond acceptors (Lipinski definition) is 8. The topological polar surface area (TPSA) is 139 Å². The van der Waals surface area contributed by atoms with Gasteiger partial charge in [0.15, 0.2) is 0 Å². The molecule has 2 heterocycles. The van der Waals surface area contributed by atoms with Crippen LogP contribution in [0, 0.1) is 23.2 Å². The molecule has 1 aliphatic heterocycles. The Morgan fingerprint density at radius 1 is 0.964 bits per heavy atom. The molecule has 3 N–H and O–H groups in total. The highest BCUT2D eigenvalue weighted by Crippen LogP contribution is 2.53. The van der Waals surface area contributed by atoms with Crippen LogP contribution in [0.15, 0.2) is 54.0 Å². The quantitative estimate of drug-likeness (QED) is 0.138. The molecule has 2 atom stereocenters. The summed E-state index contributed by atoms with van der Waals surface area (Å²) in [7, 11) is 0. The van der Waals surface area contributed by atoms with Crippen LogP contribution in [-0.2, 0) is 25.7 Å². The molecule has 0 spiro atoms. The number of nitrogens with zero attached hydrogens (tertiary/aromatic N) is 2. The Bertz CT molecular complexity index is 1780. The molecular weight excluding hydrogens is 715 g/mol. The highest BCUT2D eigenvalue weighted by atomic mass is 32.1. The van der Waals surface area contributed by atoms with Crippen molar-refractivity contribution in [2.45, 2.75) is 112 Å². The van der Waals surface area contributed by atoms with E-state index >= 15 is 0 Å². The predicted octanol–water partition coefficient (Wildman–Crippen LogP) is 6.69. The Balaban J connectivity index is 1.00. The van der Waals surface area contributed by atoms with Gasteiger partial charge in [0.2, 0.25) is 17.7 Å². The largest absolute Gasteiger partial charge is 0.494 e. The van der Waals surface area contributed by atoms with Crippen LogP contribution in [0.25, 0.3) is 10.4 Å². The Labute approximate surface area is 330 Å². The van der Waals surface area contributed by atoms with Crippen molar-refractivity contribution in [3.8, 4) is 16.2 Å². The lowest BCUT2D eigenvalue weighted by Gasteiger charge is -2.57. The molecule has 0 bridgehead atoms. The Hall–Kier alpha value is -4.29. The molecule has 298 valence electrons. The van der Waals surface area contributed by atoms with E-state index in [4.69, 9.17) is 9.47 Å².